The van der Waals surface area contributed by atoms with Crippen LogP contribution in [0.5, 0.6) is 5.75 Å². The molecule has 0 radical (unpaired) electrons. The fourth-order valence-corrected chi connectivity index (χ4v) is 2.84. The van der Waals surface area contributed by atoms with Crippen molar-refractivity contribution in [2.45, 2.75) is 6.04 Å². The molecule has 0 aromatic heterocycles. The number of amides is 1. The lowest BCUT2D eigenvalue weighted by molar-refractivity contribution is -0.385. The van der Waals surface area contributed by atoms with E-state index in [0.717, 1.165) is 11.1 Å². The predicted octanol–water partition coefficient (Wildman–Crippen LogP) is 4.12. The second-order valence-electron chi connectivity index (χ2n) is 5.87. The highest BCUT2D eigenvalue weighted by atomic mass is 16.6. The number of nitro groups is 1. The van der Waals surface area contributed by atoms with Crippen molar-refractivity contribution in [1.82, 2.24) is 5.32 Å². The van der Waals surface area contributed by atoms with Crippen molar-refractivity contribution in [2.24, 2.45) is 0 Å². The first-order chi connectivity index (χ1) is 13.1. The molecule has 0 spiro atoms. The number of ether oxygens (including phenoxy) is 1. The fraction of sp³-hybridized carbons (Fsp3) is 0.0952. The molecule has 0 aliphatic rings. The van der Waals surface area contributed by atoms with Crippen molar-refractivity contribution in [3.8, 4) is 5.75 Å². The van der Waals surface area contributed by atoms with Gasteiger partial charge in [0.2, 0.25) is 0 Å². The van der Waals surface area contributed by atoms with Crippen LogP contribution in [0.4, 0.5) is 5.69 Å². The molecular weight excluding hydrogens is 344 g/mol. The number of rotatable bonds is 6. The molecule has 0 aliphatic heterocycles. The van der Waals surface area contributed by atoms with E-state index in [4.69, 9.17) is 4.74 Å². The molecule has 3 rings (SSSR count). The summed E-state index contributed by atoms with van der Waals surface area (Å²) in [5, 5.41) is 14.2. The van der Waals surface area contributed by atoms with Gasteiger partial charge in [-0.1, -0.05) is 60.7 Å². The van der Waals surface area contributed by atoms with Gasteiger partial charge in [0.15, 0.2) is 5.75 Å². The fourth-order valence-electron chi connectivity index (χ4n) is 2.84. The van der Waals surface area contributed by atoms with Gasteiger partial charge in [-0.25, -0.2) is 0 Å². The number of benzene rings is 3. The Morgan fingerprint density at radius 3 is 2.00 bits per heavy atom. The Balaban J connectivity index is 1.94. The summed E-state index contributed by atoms with van der Waals surface area (Å²) >= 11 is 0. The van der Waals surface area contributed by atoms with E-state index >= 15 is 0 Å². The molecule has 6 heteroatoms. The number of nitrogens with one attached hydrogen (secondary N) is 1. The van der Waals surface area contributed by atoms with Gasteiger partial charge in [0.1, 0.15) is 0 Å². The summed E-state index contributed by atoms with van der Waals surface area (Å²) in [4.78, 5) is 23.4. The molecule has 1 N–H and O–H groups in total. The maximum absolute atomic E-state index is 12.8. The SMILES string of the molecule is COc1ccc(C(=O)NC(c2ccccc2)c2ccccc2)cc1[N+](=O)[O-]. The summed E-state index contributed by atoms with van der Waals surface area (Å²) in [6.07, 6.45) is 0. The van der Waals surface area contributed by atoms with Gasteiger partial charge in [0.05, 0.1) is 18.1 Å². The highest BCUT2D eigenvalue weighted by Gasteiger charge is 2.21. The van der Waals surface area contributed by atoms with Gasteiger partial charge in [0.25, 0.3) is 5.91 Å². The highest BCUT2D eigenvalue weighted by Crippen LogP contribution is 2.28. The van der Waals surface area contributed by atoms with Crippen LogP contribution in [0.25, 0.3) is 0 Å². The molecule has 0 aliphatic carbocycles. The van der Waals surface area contributed by atoms with E-state index < -0.39 is 10.8 Å². The monoisotopic (exact) mass is 362 g/mol. The van der Waals surface area contributed by atoms with E-state index in [1.54, 1.807) is 0 Å². The van der Waals surface area contributed by atoms with Gasteiger partial charge in [-0.2, -0.15) is 0 Å². The van der Waals surface area contributed by atoms with Crippen LogP contribution in [0.2, 0.25) is 0 Å². The summed E-state index contributed by atoms with van der Waals surface area (Å²) in [5.41, 5.74) is 1.78. The minimum absolute atomic E-state index is 0.110. The maximum Gasteiger partial charge on any atom is 0.311 e. The molecule has 6 nitrogen and oxygen atoms in total. The Morgan fingerprint density at radius 1 is 0.963 bits per heavy atom. The van der Waals surface area contributed by atoms with Gasteiger partial charge in [-0.3, -0.25) is 14.9 Å². The second-order valence-corrected chi connectivity index (χ2v) is 5.87. The molecular formula is C21H18N2O4. The van der Waals surface area contributed by atoms with Gasteiger partial charge >= 0.3 is 5.69 Å². The van der Waals surface area contributed by atoms with Crippen LogP contribution in [-0.4, -0.2) is 17.9 Å². The molecule has 0 atom stereocenters. The first-order valence-electron chi connectivity index (χ1n) is 8.33. The maximum atomic E-state index is 12.8. The standard InChI is InChI=1S/C21H18N2O4/c1-27-19-13-12-17(14-18(19)23(25)26)21(24)22-20(15-8-4-2-5-9-15)16-10-6-3-7-11-16/h2-14,20H,1H3,(H,22,24). The van der Waals surface area contributed by atoms with Crippen molar-refractivity contribution in [3.63, 3.8) is 0 Å². The zero-order chi connectivity index (χ0) is 19.2. The van der Waals surface area contributed by atoms with Gasteiger partial charge in [-0.15, -0.1) is 0 Å². The van der Waals surface area contributed by atoms with Crippen LogP contribution in [0, 0.1) is 10.1 Å². The summed E-state index contributed by atoms with van der Waals surface area (Å²) in [5.74, 6) is -0.294. The topological polar surface area (TPSA) is 81.5 Å². The molecule has 3 aromatic rings. The van der Waals surface area contributed by atoms with E-state index in [9.17, 15) is 14.9 Å². The third kappa shape index (κ3) is 4.12. The van der Waals surface area contributed by atoms with E-state index in [-0.39, 0.29) is 23.0 Å². The molecule has 3 aromatic carbocycles. The van der Waals surface area contributed by atoms with Crippen LogP contribution in [-0.2, 0) is 0 Å². The van der Waals surface area contributed by atoms with Crippen molar-refractivity contribution in [3.05, 3.63) is 106 Å². The van der Waals surface area contributed by atoms with E-state index in [2.05, 4.69) is 5.32 Å². The van der Waals surface area contributed by atoms with Crippen LogP contribution < -0.4 is 10.1 Å². The lowest BCUT2D eigenvalue weighted by atomic mass is 9.98. The van der Waals surface area contributed by atoms with E-state index in [1.165, 1.54) is 25.3 Å². The normalized spacial score (nSPS) is 10.4. The molecule has 0 heterocycles. The molecule has 1 amide bonds. The molecule has 136 valence electrons. The molecule has 27 heavy (non-hydrogen) atoms. The third-order valence-corrected chi connectivity index (χ3v) is 4.18. The van der Waals surface area contributed by atoms with Gasteiger partial charge in [-0.05, 0) is 23.3 Å². The number of carbonyl (C=O) groups excluding carboxylic acids is 1. The first kappa shape index (κ1) is 18.1. The predicted molar refractivity (Wildman–Crippen MR) is 102 cm³/mol. The quantitative estimate of drug-likeness (QED) is 0.528. The third-order valence-electron chi connectivity index (χ3n) is 4.18. The number of hydrogen-bond donors (Lipinski definition) is 1. The van der Waals surface area contributed by atoms with Crippen molar-refractivity contribution in [1.29, 1.82) is 0 Å². The highest BCUT2D eigenvalue weighted by molar-refractivity contribution is 5.95. The number of hydrogen-bond acceptors (Lipinski definition) is 4. The molecule has 0 fully saturated rings. The van der Waals surface area contributed by atoms with Gasteiger partial charge < -0.3 is 10.1 Å². The van der Waals surface area contributed by atoms with Crippen molar-refractivity contribution >= 4 is 11.6 Å². The number of nitro benzene ring substituents is 1. The van der Waals surface area contributed by atoms with Crippen LogP contribution >= 0.6 is 0 Å². The zero-order valence-corrected chi connectivity index (χ0v) is 14.7. The summed E-state index contributed by atoms with van der Waals surface area (Å²) in [6, 6.07) is 22.9. The Labute approximate surface area is 156 Å². The minimum atomic E-state index is -0.568. The molecule has 0 saturated carbocycles. The smallest absolute Gasteiger partial charge is 0.311 e. The number of carbonyl (C=O) groups is 1. The van der Waals surface area contributed by atoms with Gasteiger partial charge in [0, 0.05) is 11.6 Å². The Morgan fingerprint density at radius 2 is 1.52 bits per heavy atom. The first-order valence-corrected chi connectivity index (χ1v) is 8.33. The average molecular weight is 362 g/mol. The summed E-state index contributed by atoms with van der Waals surface area (Å²) < 4.78 is 4.99. The molecule has 0 unspecified atom stereocenters. The second kappa shape index (κ2) is 8.14. The van der Waals surface area contributed by atoms with Crippen LogP contribution in [0.3, 0.4) is 0 Å². The van der Waals surface area contributed by atoms with E-state index in [0.29, 0.717) is 0 Å². The van der Waals surface area contributed by atoms with Crippen LogP contribution in [0.15, 0.2) is 78.9 Å². The summed E-state index contributed by atoms with van der Waals surface area (Å²) in [7, 11) is 1.35. The lowest BCUT2D eigenvalue weighted by Crippen LogP contribution is -2.29. The minimum Gasteiger partial charge on any atom is -0.490 e. The largest absolute Gasteiger partial charge is 0.490 e. The Kier molecular flexibility index (Phi) is 5.47. The Hall–Kier alpha value is -3.67. The van der Waals surface area contributed by atoms with Crippen molar-refractivity contribution in [2.75, 3.05) is 7.11 Å². The lowest BCUT2D eigenvalue weighted by Gasteiger charge is -2.20. The van der Waals surface area contributed by atoms with E-state index in [1.807, 2.05) is 60.7 Å². The number of nitrogens with zero attached hydrogens (tertiary/aromatic N) is 1. The Bertz CT molecular complexity index is 903. The number of methoxy groups -OCH3 is 1. The van der Waals surface area contributed by atoms with Crippen LogP contribution in [0.1, 0.15) is 27.5 Å². The summed E-state index contributed by atoms with van der Waals surface area (Å²) in [6.45, 7) is 0. The average Bonchev–Trinajstić information content (AvgIpc) is 2.72. The molecule has 0 bridgehead atoms. The van der Waals surface area contributed by atoms with Crippen molar-refractivity contribution < 1.29 is 14.5 Å². The molecule has 0 saturated heterocycles. The zero-order valence-electron chi connectivity index (χ0n) is 14.7.